The topological polar surface area (TPSA) is 120 Å². The molecule has 2 N–H and O–H groups in total. The number of fused-ring (bicyclic) bond motifs is 1. The zero-order chi connectivity index (χ0) is 28.2. The number of imidazole rings is 1. The summed E-state index contributed by atoms with van der Waals surface area (Å²) in [7, 11) is 0. The minimum atomic E-state index is -0.440. The fourth-order valence-electron chi connectivity index (χ4n) is 4.60. The lowest BCUT2D eigenvalue weighted by Gasteiger charge is -2.13. The molecule has 0 saturated heterocycles. The average molecular weight is 542 g/mol. The first-order valence-electron chi connectivity index (χ1n) is 14.3. The molecule has 0 radical (unpaired) electrons. The van der Waals surface area contributed by atoms with Crippen LogP contribution in [-0.2, 0) is 30.7 Å². The van der Waals surface area contributed by atoms with Crippen molar-refractivity contribution in [2.24, 2.45) is 0 Å². The van der Waals surface area contributed by atoms with Gasteiger partial charge in [-0.1, -0.05) is 39.2 Å². The number of ether oxygens (including phenoxy) is 2. The number of carbonyl (C=O) groups is 1. The second kappa shape index (κ2) is 15.1. The summed E-state index contributed by atoms with van der Waals surface area (Å²) < 4.78 is 14.8. The molecule has 1 aromatic carbocycles. The molecule has 0 aliphatic carbocycles. The third kappa shape index (κ3) is 7.97. The summed E-state index contributed by atoms with van der Waals surface area (Å²) >= 11 is 0. The Morgan fingerprint density at radius 1 is 0.923 bits per heavy atom. The maximum absolute atomic E-state index is 12.8. The minimum absolute atomic E-state index is 0.0876. The van der Waals surface area contributed by atoms with Crippen LogP contribution in [0.25, 0.3) is 11.2 Å². The van der Waals surface area contributed by atoms with E-state index in [-0.39, 0.29) is 12.3 Å². The molecule has 0 aliphatic heterocycles. The van der Waals surface area contributed by atoms with Crippen LogP contribution in [0, 0.1) is 0 Å². The molecule has 0 fully saturated rings. The number of hydrogen-bond donors (Lipinski definition) is 2. The Balaban J connectivity index is 1.70. The predicted molar refractivity (Wildman–Crippen MR) is 153 cm³/mol. The number of aryl methyl sites for hydroxylation is 3. The molecule has 2 heterocycles. The summed E-state index contributed by atoms with van der Waals surface area (Å²) in [6.07, 6.45) is 5.95. The fraction of sp³-hybridized carbons (Fsp3) is 0.586. The quantitative estimate of drug-likeness (QED) is 0.250. The summed E-state index contributed by atoms with van der Waals surface area (Å²) in [5.41, 5.74) is 1.00. The average Bonchev–Trinajstić information content (AvgIpc) is 3.28. The SMILES string of the molecule is CCCCCn1c(CCC(=O)NCCc2ccc(OCC)c(OCC)c2)nc2c1c(=O)[nH]c(=O)n2CCCC. The van der Waals surface area contributed by atoms with E-state index in [9.17, 15) is 14.4 Å². The highest BCUT2D eigenvalue weighted by Gasteiger charge is 2.19. The lowest BCUT2D eigenvalue weighted by molar-refractivity contribution is -0.121. The molecule has 3 rings (SSSR count). The van der Waals surface area contributed by atoms with Crippen LogP contribution in [0.4, 0.5) is 0 Å². The smallest absolute Gasteiger partial charge is 0.330 e. The molecular weight excluding hydrogens is 498 g/mol. The highest BCUT2D eigenvalue weighted by atomic mass is 16.5. The van der Waals surface area contributed by atoms with Crippen LogP contribution in [0.2, 0.25) is 0 Å². The number of benzene rings is 1. The molecule has 10 nitrogen and oxygen atoms in total. The van der Waals surface area contributed by atoms with Gasteiger partial charge in [-0.05, 0) is 50.8 Å². The Morgan fingerprint density at radius 3 is 2.36 bits per heavy atom. The monoisotopic (exact) mass is 541 g/mol. The Bertz CT molecular complexity index is 1340. The van der Waals surface area contributed by atoms with Crippen LogP contribution in [0.5, 0.6) is 11.5 Å². The second-order valence-electron chi connectivity index (χ2n) is 9.57. The maximum atomic E-state index is 12.8. The molecule has 0 bridgehead atoms. The highest BCUT2D eigenvalue weighted by Crippen LogP contribution is 2.28. The van der Waals surface area contributed by atoms with Gasteiger partial charge >= 0.3 is 5.69 Å². The van der Waals surface area contributed by atoms with Crippen molar-refractivity contribution in [3.63, 3.8) is 0 Å². The first kappa shape index (κ1) is 30.0. The van der Waals surface area contributed by atoms with Crippen LogP contribution >= 0.6 is 0 Å². The fourth-order valence-corrected chi connectivity index (χ4v) is 4.60. The van der Waals surface area contributed by atoms with Gasteiger partial charge in [-0.25, -0.2) is 9.78 Å². The number of nitrogens with zero attached hydrogens (tertiary/aromatic N) is 3. The number of unbranched alkanes of at least 4 members (excludes halogenated alkanes) is 3. The van der Waals surface area contributed by atoms with Crippen molar-refractivity contribution in [2.75, 3.05) is 19.8 Å². The van der Waals surface area contributed by atoms with Gasteiger partial charge in [0, 0.05) is 32.5 Å². The number of hydrogen-bond acceptors (Lipinski definition) is 6. The zero-order valence-electron chi connectivity index (χ0n) is 23.8. The van der Waals surface area contributed by atoms with E-state index in [0.29, 0.717) is 74.2 Å². The van der Waals surface area contributed by atoms with Crippen LogP contribution in [0.1, 0.15) is 77.6 Å². The molecule has 2 aromatic heterocycles. The molecule has 0 saturated carbocycles. The van der Waals surface area contributed by atoms with E-state index < -0.39 is 11.2 Å². The van der Waals surface area contributed by atoms with Crippen molar-refractivity contribution in [1.82, 2.24) is 24.4 Å². The number of aromatic amines is 1. The Labute approximate surface area is 229 Å². The van der Waals surface area contributed by atoms with E-state index in [2.05, 4.69) is 24.1 Å². The van der Waals surface area contributed by atoms with Crippen molar-refractivity contribution >= 4 is 17.1 Å². The lowest BCUT2D eigenvalue weighted by atomic mass is 10.1. The largest absolute Gasteiger partial charge is 0.490 e. The van der Waals surface area contributed by atoms with Gasteiger partial charge in [-0.15, -0.1) is 0 Å². The van der Waals surface area contributed by atoms with Crippen molar-refractivity contribution < 1.29 is 14.3 Å². The number of amides is 1. The molecule has 214 valence electrons. The maximum Gasteiger partial charge on any atom is 0.330 e. The first-order chi connectivity index (χ1) is 18.9. The third-order valence-corrected chi connectivity index (χ3v) is 6.60. The summed E-state index contributed by atoms with van der Waals surface area (Å²) in [4.78, 5) is 45.2. The highest BCUT2D eigenvalue weighted by molar-refractivity contribution is 5.76. The van der Waals surface area contributed by atoms with Crippen molar-refractivity contribution in [1.29, 1.82) is 0 Å². The van der Waals surface area contributed by atoms with Crippen LogP contribution in [0.3, 0.4) is 0 Å². The molecule has 39 heavy (non-hydrogen) atoms. The molecule has 0 atom stereocenters. The van der Waals surface area contributed by atoms with E-state index in [1.54, 1.807) is 4.57 Å². The van der Waals surface area contributed by atoms with Gasteiger partial charge in [-0.3, -0.25) is 19.1 Å². The summed E-state index contributed by atoms with van der Waals surface area (Å²) in [5.74, 6) is 1.99. The van der Waals surface area contributed by atoms with E-state index in [4.69, 9.17) is 14.5 Å². The van der Waals surface area contributed by atoms with Crippen LogP contribution < -0.4 is 26.0 Å². The van der Waals surface area contributed by atoms with Crippen LogP contribution in [0.15, 0.2) is 27.8 Å². The molecule has 3 aromatic rings. The van der Waals surface area contributed by atoms with Crippen molar-refractivity contribution in [3.05, 3.63) is 50.4 Å². The Kier molecular flexibility index (Phi) is 11.6. The molecule has 10 heteroatoms. The molecule has 0 spiro atoms. The molecular formula is C29H43N5O5. The van der Waals surface area contributed by atoms with Crippen molar-refractivity contribution in [3.8, 4) is 11.5 Å². The van der Waals surface area contributed by atoms with E-state index >= 15 is 0 Å². The molecule has 0 unspecified atom stereocenters. The first-order valence-corrected chi connectivity index (χ1v) is 14.3. The van der Waals surface area contributed by atoms with Gasteiger partial charge in [0.05, 0.1) is 13.2 Å². The van der Waals surface area contributed by atoms with Crippen molar-refractivity contribution in [2.45, 2.75) is 92.2 Å². The number of rotatable bonds is 17. The molecule has 1 amide bonds. The minimum Gasteiger partial charge on any atom is -0.490 e. The third-order valence-electron chi connectivity index (χ3n) is 6.60. The van der Waals surface area contributed by atoms with Gasteiger partial charge in [0.25, 0.3) is 5.56 Å². The summed E-state index contributed by atoms with van der Waals surface area (Å²) in [5, 5.41) is 2.99. The number of carbonyl (C=O) groups excluding carboxylic acids is 1. The Morgan fingerprint density at radius 2 is 1.64 bits per heavy atom. The van der Waals surface area contributed by atoms with Gasteiger partial charge < -0.3 is 19.4 Å². The zero-order valence-corrected chi connectivity index (χ0v) is 23.8. The van der Waals surface area contributed by atoms with Gasteiger partial charge in [0.2, 0.25) is 5.91 Å². The van der Waals surface area contributed by atoms with Gasteiger partial charge in [0.1, 0.15) is 5.82 Å². The second-order valence-corrected chi connectivity index (χ2v) is 9.57. The van der Waals surface area contributed by atoms with Crippen LogP contribution in [-0.4, -0.2) is 44.8 Å². The van der Waals surface area contributed by atoms with E-state index in [0.717, 1.165) is 37.7 Å². The number of H-pyrrole nitrogens is 1. The molecule has 0 aliphatic rings. The van der Waals surface area contributed by atoms with Gasteiger partial charge in [-0.2, -0.15) is 0 Å². The number of nitrogens with one attached hydrogen (secondary N) is 2. The predicted octanol–water partition coefficient (Wildman–Crippen LogP) is 3.97. The lowest BCUT2D eigenvalue weighted by Crippen LogP contribution is -2.31. The normalized spacial score (nSPS) is 11.2. The standard InChI is InChI=1S/C29H43N5O5/c1-5-9-11-19-33-24(31-27-26(33)28(36)32-29(37)34(27)18-10-6-2)14-15-25(35)30-17-16-21-12-13-22(38-7-3)23(20-21)39-8-4/h12-13,20H,5-11,14-19H2,1-4H3,(H,30,35)(H,32,36,37). The summed E-state index contributed by atoms with van der Waals surface area (Å²) in [6.45, 7) is 10.7. The van der Waals surface area contributed by atoms with E-state index in [1.807, 2.05) is 36.6 Å². The Hall–Kier alpha value is -3.56. The summed E-state index contributed by atoms with van der Waals surface area (Å²) in [6, 6.07) is 5.83. The number of aromatic nitrogens is 4. The van der Waals surface area contributed by atoms with Gasteiger partial charge in [0.15, 0.2) is 22.7 Å². The van der Waals surface area contributed by atoms with E-state index in [1.165, 1.54) is 0 Å².